The van der Waals surface area contributed by atoms with Crippen LogP contribution in [0.1, 0.15) is 16.1 Å². The molecule has 1 aromatic carbocycles. The lowest BCUT2D eigenvalue weighted by Crippen LogP contribution is -2.27. The van der Waals surface area contributed by atoms with E-state index in [4.69, 9.17) is 5.11 Å². The van der Waals surface area contributed by atoms with Gasteiger partial charge in [0.05, 0.1) is 18.0 Å². The third-order valence-corrected chi connectivity index (χ3v) is 2.74. The van der Waals surface area contributed by atoms with E-state index in [1.807, 2.05) is 0 Å². The summed E-state index contributed by atoms with van der Waals surface area (Å²) in [6.45, 7) is -0.246. The van der Waals surface area contributed by atoms with Gasteiger partial charge in [0.1, 0.15) is 5.82 Å². The number of amides is 1. The number of aliphatic hydroxyl groups excluding tert-OH is 1. The predicted molar refractivity (Wildman–Crippen MR) is 69.3 cm³/mol. The molecule has 1 N–H and O–H groups in total. The van der Waals surface area contributed by atoms with Crippen LogP contribution in [-0.4, -0.2) is 23.0 Å². The highest BCUT2D eigenvalue weighted by atomic mass is 19.1. The van der Waals surface area contributed by atoms with Crippen molar-refractivity contribution in [3.63, 3.8) is 0 Å². The first kappa shape index (κ1) is 13.2. The van der Waals surface area contributed by atoms with Crippen molar-refractivity contribution in [1.29, 1.82) is 0 Å². The summed E-state index contributed by atoms with van der Waals surface area (Å²) in [7, 11) is 1.50. The number of benzene rings is 1. The second-order valence-electron chi connectivity index (χ2n) is 4.01. The summed E-state index contributed by atoms with van der Waals surface area (Å²) in [5.74, 6) is -0.822. The molecule has 0 spiro atoms. The lowest BCUT2D eigenvalue weighted by atomic mass is 10.2. The van der Waals surface area contributed by atoms with E-state index >= 15 is 0 Å². The van der Waals surface area contributed by atoms with Gasteiger partial charge in [0.2, 0.25) is 0 Å². The molecule has 0 fully saturated rings. The number of halogens is 1. The second-order valence-corrected chi connectivity index (χ2v) is 4.01. The Morgan fingerprint density at radius 1 is 1.37 bits per heavy atom. The molecule has 2 rings (SSSR count). The number of pyridine rings is 1. The number of hydrogen-bond donors (Lipinski definition) is 1. The molecule has 4 nitrogen and oxygen atoms in total. The Kier molecular flexibility index (Phi) is 3.87. The summed E-state index contributed by atoms with van der Waals surface area (Å²) >= 11 is 0. The molecule has 0 unspecified atom stereocenters. The molecule has 0 radical (unpaired) electrons. The maximum absolute atomic E-state index is 13.6. The van der Waals surface area contributed by atoms with Gasteiger partial charge in [-0.15, -0.1) is 0 Å². The van der Waals surface area contributed by atoms with Crippen molar-refractivity contribution in [3.8, 4) is 0 Å². The quantitative estimate of drug-likeness (QED) is 0.918. The van der Waals surface area contributed by atoms with Gasteiger partial charge in [-0.05, 0) is 24.3 Å². The van der Waals surface area contributed by atoms with Gasteiger partial charge in [-0.1, -0.05) is 12.1 Å². The third kappa shape index (κ3) is 2.77. The molecule has 5 heteroatoms. The van der Waals surface area contributed by atoms with Crippen molar-refractivity contribution in [2.24, 2.45) is 0 Å². The number of carbonyl (C=O) groups excluding carboxylic acids is 1. The Balaban J connectivity index is 2.31. The Hall–Kier alpha value is -2.27. The zero-order valence-electron chi connectivity index (χ0n) is 10.4. The second kappa shape index (κ2) is 5.58. The van der Waals surface area contributed by atoms with Crippen LogP contribution in [0.4, 0.5) is 10.1 Å². The van der Waals surface area contributed by atoms with Crippen LogP contribution >= 0.6 is 0 Å². The Bertz CT molecular complexity index is 602. The fourth-order valence-electron chi connectivity index (χ4n) is 1.72. The van der Waals surface area contributed by atoms with Crippen molar-refractivity contribution in [2.75, 3.05) is 11.9 Å². The van der Waals surface area contributed by atoms with Crippen LogP contribution < -0.4 is 4.90 Å². The standard InChI is InChI=1S/C14H13FN2O2/c1-17(13-5-3-2-4-12(13)15)14(19)10-6-7-16-11(8-10)9-18/h2-8,18H,9H2,1H3. The minimum atomic E-state index is -0.463. The first-order valence-corrected chi connectivity index (χ1v) is 5.72. The Labute approximate surface area is 110 Å². The lowest BCUT2D eigenvalue weighted by Gasteiger charge is -2.18. The highest BCUT2D eigenvalue weighted by molar-refractivity contribution is 6.05. The molecule has 2 aromatic rings. The first-order valence-electron chi connectivity index (χ1n) is 5.72. The van der Waals surface area contributed by atoms with Gasteiger partial charge in [0, 0.05) is 18.8 Å². The summed E-state index contributed by atoms with van der Waals surface area (Å²) in [5, 5.41) is 9.00. The number of anilines is 1. The molecule has 1 aromatic heterocycles. The number of hydrogen-bond acceptors (Lipinski definition) is 3. The smallest absolute Gasteiger partial charge is 0.258 e. The Morgan fingerprint density at radius 3 is 2.79 bits per heavy atom. The highest BCUT2D eigenvalue weighted by Gasteiger charge is 2.16. The van der Waals surface area contributed by atoms with Crippen LogP contribution in [0.2, 0.25) is 0 Å². The molecule has 1 amide bonds. The molecule has 19 heavy (non-hydrogen) atoms. The van der Waals surface area contributed by atoms with Crippen molar-refractivity contribution >= 4 is 11.6 Å². The van der Waals surface area contributed by atoms with E-state index in [0.717, 1.165) is 0 Å². The van der Waals surface area contributed by atoms with Crippen molar-refractivity contribution in [3.05, 3.63) is 59.7 Å². The average molecular weight is 260 g/mol. The average Bonchev–Trinajstić information content (AvgIpc) is 2.46. The van der Waals surface area contributed by atoms with Gasteiger partial charge >= 0.3 is 0 Å². The molecule has 0 bridgehead atoms. The molecular weight excluding hydrogens is 247 g/mol. The number of rotatable bonds is 3. The monoisotopic (exact) mass is 260 g/mol. The largest absolute Gasteiger partial charge is 0.390 e. The molecule has 0 aliphatic carbocycles. The van der Waals surface area contributed by atoms with Gasteiger partial charge in [0.25, 0.3) is 5.91 Å². The fourth-order valence-corrected chi connectivity index (χ4v) is 1.72. The summed E-state index contributed by atoms with van der Waals surface area (Å²) in [4.78, 5) is 17.3. The predicted octanol–water partition coefficient (Wildman–Crippen LogP) is 1.99. The van der Waals surface area contributed by atoms with E-state index in [2.05, 4.69) is 4.98 Å². The third-order valence-electron chi connectivity index (χ3n) is 2.74. The zero-order chi connectivity index (χ0) is 13.8. The van der Waals surface area contributed by atoms with Crippen molar-refractivity contribution in [2.45, 2.75) is 6.61 Å². The topological polar surface area (TPSA) is 53.4 Å². The highest BCUT2D eigenvalue weighted by Crippen LogP contribution is 2.19. The van der Waals surface area contributed by atoms with E-state index < -0.39 is 5.82 Å². The first-order chi connectivity index (χ1) is 9.13. The summed E-state index contributed by atoms with van der Waals surface area (Å²) < 4.78 is 13.6. The summed E-state index contributed by atoms with van der Waals surface area (Å²) in [5.41, 5.74) is 0.951. The molecule has 98 valence electrons. The maximum atomic E-state index is 13.6. The van der Waals surface area contributed by atoms with E-state index in [1.54, 1.807) is 12.1 Å². The summed E-state index contributed by atoms with van der Waals surface area (Å²) in [6, 6.07) is 9.06. The van der Waals surface area contributed by atoms with E-state index in [1.165, 1.54) is 42.4 Å². The molecule has 0 aliphatic rings. The number of nitrogens with zero attached hydrogens (tertiary/aromatic N) is 2. The van der Waals surface area contributed by atoms with E-state index in [9.17, 15) is 9.18 Å². The number of carbonyl (C=O) groups is 1. The molecule has 0 saturated carbocycles. The number of aliphatic hydroxyl groups is 1. The molecule has 0 atom stereocenters. The van der Waals surface area contributed by atoms with Gasteiger partial charge in [-0.25, -0.2) is 4.39 Å². The molecular formula is C14H13FN2O2. The molecule has 0 saturated heterocycles. The SMILES string of the molecule is CN(C(=O)c1ccnc(CO)c1)c1ccccc1F. The molecule has 0 aliphatic heterocycles. The van der Waals surface area contributed by atoms with E-state index in [0.29, 0.717) is 11.3 Å². The van der Waals surface area contributed by atoms with Crippen molar-refractivity contribution < 1.29 is 14.3 Å². The number of para-hydroxylation sites is 1. The van der Waals surface area contributed by atoms with Crippen LogP contribution in [0, 0.1) is 5.82 Å². The van der Waals surface area contributed by atoms with Crippen LogP contribution in [0.5, 0.6) is 0 Å². The fraction of sp³-hybridized carbons (Fsp3) is 0.143. The van der Waals surface area contributed by atoms with Crippen LogP contribution in [0.3, 0.4) is 0 Å². The van der Waals surface area contributed by atoms with Gasteiger partial charge in [0.15, 0.2) is 0 Å². The van der Waals surface area contributed by atoms with Crippen molar-refractivity contribution in [1.82, 2.24) is 4.98 Å². The van der Waals surface area contributed by atoms with Crippen LogP contribution in [0.25, 0.3) is 0 Å². The van der Waals surface area contributed by atoms with E-state index in [-0.39, 0.29) is 18.2 Å². The Morgan fingerprint density at radius 2 is 2.11 bits per heavy atom. The minimum absolute atomic E-state index is 0.204. The maximum Gasteiger partial charge on any atom is 0.258 e. The number of aromatic nitrogens is 1. The zero-order valence-corrected chi connectivity index (χ0v) is 10.4. The van der Waals surface area contributed by atoms with Crippen LogP contribution in [-0.2, 0) is 6.61 Å². The van der Waals surface area contributed by atoms with Gasteiger partial charge in [-0.3, -0.25) is 9.78 Å². The van der Waals surface area contributed by atoms with Gasteiger partial charge in [-0.2, -0.15) is 0 Å². The van der Waals surface area contributed by atoms with Gasteiger partial charge < -0.3 is 10.0 Å². The minimum Gasteiger partial charge on any atom is -0.390 e. The van der Waals surface area contributed by atoms with Crippen LogP contribution in [0.15, 0.2) is 42.6 Å². The summed E-state index contributed by atoms with van der Waals surface area (Å²) in [6.07, 6.45) is 1.44. The normalized spacial score (nSPS) is 10.3. The molecule has 1 heterocycles. The lowest BCUT2D eigenvalue weighted by molar-refractivity contribution is 0.0992.